The molecule has 2 aliphatic heterocycles. The van der Waals surface area contributed by atoms with Crippen molar-refractivity contribution in [3.05, 3.63) is 35.4 Å². The molecule has 1 aromatic rings. The first-order chi connectivity index (χ1) is 9.74. The van der Waals surface area contributed by atoms with Crippen molar-refractivity contribution in [3.63, 3.8) is 0 Å². The zero-order chi connectivity index (χ0) is 13.9. The highest BCUT2D eigenvalue weighted by atomic mass is 19.2. The van der Waals surface area contributed by atoms with Crippen LogP contribution in [0.15, 0.2) is 18.2 Å². The summed E-state index contributed by atoms with van der Waals surface area (Å²) >= 11 is 0. The van der Waals surface area contributed by atoms with Crippen LogP contribution in [-0.4, -0.2) is 30.6 Å². The summed E-state index contributed by atoms with van der Waals surface area (Å²) in [5, 5.41) is 3.57. The van der Waals surface area contributed by atoms with Crippen LogP contribution in [0.1, 0.15) is 31.2 Å². The molecule has 0 amide bonds. The second kappa shape index (κ2) is 6.19. The van der Waals surface area contributed by atoms with Gasteiger partial charge in [-0.3, -0.25) is 4.90 Å². The maximum atomic E-state index is 13.7. The summed E-state index contributed by atoms with van der Waals surface area (Å²) in [5.41, 5.74) is 0.477. The standard InChI is InChI=1S/C16H22F2N2/c17-14-6-1-4-13(16(14)18)11-20-9-3-5-12(10-20)15-7-2-8-19-15/h1,4,6,12,15,19H,2-3,5,7-11H2. The van der Waals surface area contributed by atoms with E-state index in [0.29, 0.717) is 24.1 Å². The third-order valence-corrected chi connectivity index (χ3v) is 4.63. The molecule has 0 bridgehead atoms. The summed E-state index contributed by atoms with van der Waals surface area (Å²) < 4.78 is 27.0. The van der Waals surface area contributed by atoms with Crippen LogP contribution in [0.3, 0.4) is 0 Å². The fourth-order valence-electron chi connectivity index (χ4n) is 3.59. The molecule has 2 fully saturated rings. The van der Waals surface area contributed by atoms with E-state index in [0.717, 1.165) is 26.1 Å². The fourth-order valence-corrected chi connectivity index (χ4v) is 3.59. The van der Waals surface area contributed by atoms with E-state index in [4.69, 9.17) is 0 Å². The summed E-state index contributed by atoms with van der Waals surface area (Å²) in [6.07, 6.45) is 4.92. The Morgan fingerprint density at radius 2 is 2.10 bits per heavy atom. The zero-order valence-electron chi connectivity index (χ0n) is 11.7. The SMILES string of the molecule is Fc1cccc(CN2CCCC(C3CCCN3)C2)c1F. The molecule has 110 valence electrons. The maximum Gasteiger partial charge on any atom is 0.163 e. The minimum atomic E-state index is -0.742. The molecule has 0 aromatic heterocycles. The van der Waals surface area contributed by atoms with E-state index in [1.165, 1.54) is 25.3 Å². The summed E-state index contributed by atoms with van der Waals surface area (Å²) in [4.78, 5) is 2.27. The van der Waals surface area contributed by atoms with E-state index < -0.39 is 11.6 Å². The number of halogens is 2. The average Bonchev–Trinajstić information content (AvgIpc) is 2.98. The van der Waals surface area contributed by atoms with Gasteiger partial charge in [-0.15, -0.1) is 0 Å². The molecule has 0 spiro atoms. The van der Waals surface area contributed by atoms with E-state index >= 15 is 0 Å². The van der Waals surface area contributed by atoms with Crippen LogP contribution in [0.5, 0.6) is 0 Å². The quantitative estimate of drug-likeness (QED) is 0.916. The number of hydrogen-bond donors (Lipinski definition) is 1. The van der Waals surface area contributed by atoms with Gasteiger partial charge in [0.15, 0.2) is 11.6 Å². The molecule has 2 nitrogen and oxygen atoms in total. The van der Waals surface area contributed by atoms with Crippen molar-refractivity contribution in [1.82, 2.24) is 10.2 Å². The van der Waals surface area contributed by atoms with E-state index in [2.05, 4.69) is 10.2 Å². The second-order valence-corrected chi connectivity index (χ2v) is 6.05. The number of nitrogens with one attached hydrogen (secondary N) is 1. The van der Waals surface area contributed by atoms with E-state index in [1.54, 1.807) is 12.1 Å². The van der Waals surface area contributed by atoms with Gasteiger partial charge in [0.25, 0.3) is 0 Å². The lowest BCUT2D eigenvalue weighted by Crippen LogP contribution is -2.43. The van der Waals surface area contributed by atoms with Crippen LogP contribution < -0.4 is 5.32 Å². The third kappa shape index (κ3) is 3.01. The van der Waals surface area contributed by atoms with Crippen molar-refractivity contribution in [1.29, 1.82) is 0 Å². The predicted molar refractivity (Wildman–Crippen MR) is 75.4 cm³/mol. The number of hydrogen-bond acceptors (Lipinski definition) is 2. The summed E-state index contributed by atoms with van der Waals surface area (Å²) in [6.45, 7) is 3.62. The molecular weight excluding hydrogens is 258 g/mol. The summed E-state index contributed by atoms with van der Waals surface area (Å²) in [7, 11) is 0. The first-order valence-electron chi connectivity index (χ1n) is 7.62. The molecule has 4 heteroatoms. The van der Waals surface area contributed by atoms with Crippen molar-refractivity contribution in [2.45, 2.75) is 38.3 Å². The van der Waals surface area contributed by atoms with E-state index in [1.807, 2.05) is 0 Å². The van der Waals surface area contributed by atoms with Gasteiger partial charge >= 0.3 is 0 Å². The first-order valence-corrected chi connectivity index (χ1v) is 7.62. The predicted octanol–water partition coefficient (Wildman–Crippen LogP) is 2.93. The van der Waals surface area contributed by atoms with Crippen LogP contribution in [0.4, 0.5) is 8.78 Å². The van der Waals surface area contributed by atoms with Gasteiger partial charge in [-0.25, -0.2) is 8.78 Å². The highest BCUT2D eigenvalue weighted by Crippen LogP contribution is 2.26. The van der Waals surface area contributed by atoms with Crippen LogP contribution in [0.2, 0.25) is 0 Å². The zero-order valence-corrected chi connectivity index (χ0v) is 11.7. The Labute approximate surface area is 119 Å². The van der Waals surface area contributed by atoms with Crippen molar-refractivity contribution in [2.24, 2.45) is 5.92 Å². The molecule has 3 rings (SSSR count). The van der Waals surface area contributed by atoms with Gasteiger partial charge in [0.1, 0.15) is 0 Å². The van der Waals surface area contributed by atoms with Crippen LogP contribution in [-0.2, 0) is 6.54 Å². The first kappa shape index (κ1) is 14.0. The van der Waals surface area contributed by atoms with Crippen molar-refractivity contribution in [3.8, 4) is 0 Å². The van der Waals surface area contributed by atoms with Gasteiger partial charge in [-0.05, 0) is 50.8 Å². The topological polar surface area (TPSA) is 15.3 Å². The van der Waals surface area contributed by atoms with Crippen molar-refractivity contribution >= 4 is 0 Å². The van der Waals surface area contributed by atoms with Gasteiger partial charge in [-0.2, -0.15) is 0 Å². The Balaban J connectivity index is 1.63. The minimum absolute atomic E-state index is 0.477. The van der Waals surface area contributed by atoms with Crippen molar-refractivity contribution < 1.29 is 8.78 Å². The number of likely N-dealkylation sites (tertiary alicyclic amines) is 1. The second-order valence-electron chi connectivity index (χ2n) is 6.05. The third-order valence-electron chi connectivity index (χ3n) is 4.63. The average molecular weight is 280 g/mol. The molecule has 0 radical (unpaired) electrons. The molecule has 2 atom stereocenters. The smallest absolute Gasteiger partial charge is 0.163 e. The summed E-state index contributed by atoms with van der Waals surface area (Å²) in [5.74, 6) is -0.773. The highest BCUT2D eigenvalue weighted by molar-refractivity contribution is 5.18. The maximum absolute atomic E-state index is 13.7. The van der Waals surface area contributed by atoms with Crippen LogP contribution in [0, 0.1) is 17.6 Å². The molecule has 20 heavy (non-hydrogen) atoms. The monoisotopic (exact) mass is 280 g/mol. The van der Waals surface area contributed by atoms with Gasteiger partial charge in [0.05, 0.1) is 0 Å². The highest BCUT2D eigenvalue weighted by Gasteiger charge is 2.29. The Morgan fingerprint density at radius 3 is 2.90 bits per heavy atom. The molecule has 1 aromatic carbocycles. The Hall–Kier alpha value is -1.00. The largest absolute Gasteiger partial charge is 0.314 e. The lowest BCUT2D eigenvalue weighted by molar-refractivity contribution is 0.144. The van der Waals surface area contributed by atoms with Crippen LogP contribution in [0.25, 0.3) is 0 Å². The Kier molecular flexibility index (Phi) is 4.32. The molecule has 2 unspecified atom stereocenters. The number of benzene rings is 1. The molecule has 2 aliphatic rings. The van der Waals surface area contributed by atoms with Gasteiger partial charge in [-0.1, -0.05) is 12.1 Å². The van der Waals surface area contributed by atoms with E-state index in [9.17, 15) is 8.78 Å². The Morgan fingerprint density at radius 1 is 1.20 bits per heavy atom. The number of nitrogens with zero attached hydrogens (tertiary/aromatic N) is 1. The number of piperidine rings is 1. The lowest BCUT2D eigenvalue weighted by atomic mass is 9.89. The Bertz CT molecular complexity index is 458. The minimum Gasteiger partial charge on any atom is -0.314 e. The molecule has 2 saturated heterocycles. The molecule has 2 heterocycles. The molecular formula is C16H22F2N2. The summed E-state index contributed by atoms with van der Waals surface area (Å²) in [6, 6.07) is 5.08. The van der Waals surface area contributed by atoms with E-state index in [-0.39, 0.29) is 0 Å². The van der Waals surface area contributed by atoms with Gasteiger partial charge in [0.2, 0.25) is 0 Å². The lowest BCUT2D eigenvalue weighted by Gasteiger charge is -2.35. The molecule has 1 N–H and O–H groups in total. The van der Waals surface area contributed by atoms with Gasteiger partial charge in [0, 0.05) is 24.7 Å². The molecule has 0 aliphatic carbocycles. The normalized spacial score (nSPS) is 27.9. The van der Waals surface area contributed by atoms with Gasteiger partial charge < -0.3 is 5.32 Å². The fraction of sp³-hybridized carbons (Fsp3) is 0.625. The van der Waals surface area contributed by atoms with Crippen LogP contribution >= 0.6 is 0 Å². The molecule has 0 saturated carbocycles. The van der Waals surface area contributed by atoms with Crippen molar-refractivity contribution in [2.75, 3.05) is 19.6 Å². The number of rotatable bonds is 3.